The minimum absolute atomic E-state index is 0.255. The molecule has 0 unspecified atom stereocenters. The summed E-state index contributed by atoms with van der Waals surface area (Å²) in [4.78, 5) is 21.9. The zero-order valence-electron chi connectivity index (χ0n) is 10.9. The highest BCUT2D eigenvalue weighted by molar-refractivity contribution is 5.68. The lowest BCUT2D eigenvalue weighted by molar-refractivity contribution is -0.570. The summed E-state index contributed by atoms with van der Waals surface area (Å²) in [6.45, 7) is 7.13. The third kappa shape index (κ3) is 5.12. The van der Waals surface area contributed by atoms with Crippen LogP contribution in [0.1, 0.15) is 38.5 Å². The quantitative estimate of drug-likeness (QED) is 0.198. The molecule has 0 saturated carbocycles. The second-order valence-electron chi connectivity index (χ2n) is 4.25. The number of methoxy groups -OCH3 is 1. The van der Waals surface area contributed by atoms with Crippen LogP contribution < -0.4 is 0 Å². The van der Waals surface area contributed by atoms with Crippen LogP contribution in [0.15, 0.2) is 25.3 Å². The van der Waals surface area contributed by atoms with Crippen LogP contribution in [0.2, 0.25) is 0 Å². The van der Waals surface area contributed by atoms with Crippen LogP contribution in [0.25, 0.3) is 0 Å². The molecule has 0 aromatic heterocycles. The molecule has 5 nitrogen and oxygen atoms in total. The van der Waals surface area contributed by atoms with E-state index in [4.69, 9.17) is 0 Å². The van der Waals surface area contributed by atoms with E-state index in [1.54, 1.807) is 12.2 Å². The summed E-state index contributed by atoms with van der Waals surface area (Å²) in [5.41, 5.74) is -1.03. The lowest BCUT2D eigenvalue weighted by Gasteiger charge is -2.22. The smallest absolute Gasteiger partial charge is 0.305 e. The predicted molar refractivity (Wildman–Crippen MR) is 69.8 cm³/mol. The van der Waals surface area contributed by atoms with Gasteiger partial charge in [-0.25, -0.2) is 0 Å². The van der Waals surface area contributed by atoms with Gasteiger partial charge in [-0.05, 0) is 12.8 Å². The summed E-state index contributed by atoms with van der Waals surface area (Å²) in [7, 11) is 1.33. The Balaban J connectivity index is 4.40. The highest BCUT2D eigenvalue weighted by Gasteiger charge is 2.39. The zero-order chi connectivity index (χ0) is 14.0. The molecule has 0 aliphatic rings. The summed E-state index contributed by atoms with van der Waals surface area (Å²) in [5.74, 6) is -0.283. The Hall–Kier alpha value is -1.65. The van der Waals surface area contributed by atoms with Crippen LogP contribution >= 0.6 is 0 Å². The van der Waals surface area contributed by atoms with E-state index in [0.717, 1.165) is 0 Å². The van der Waals surface area contributed by atoms with Crippen molar-refractivity contribution < 1.29 is 14.5 Å². The van der Waals surface area contributed by atoms with Gasteiger partial charge < -0.3 is 4.74 Å². The molecule has 0 heterocycles. The number of carbonyl (C=O) groups is 1. The number of unbranched alkanes of at least 4 members (excludes halogenated alkanes) is 1. The van der Waals surface area contributed by atoms with Crippen LogP contribution in [-0.4, -0.2) is 23.5 Å². The molecule has 18 heavy (non-hydrogen) atoms. The molecule has 0 saturated heterocycles. The number of nitro groups is 1. The van der Waals surface area contributed by atoms with Crippen molar-refractivity contribution in [2.75, 3.05) is 7.11 Å². The van der Waals surface area contributed by atoms with Gasteiger partial charge in [0, 0.05) is 30.6 Å². The topological polar surface area (TPSA) is 69.4 Å². The Kier molecular flexibility index (Phi) is 7.67. The van der Waals surface area contributed by atoms with E-state index in [-0.39, 0.29) is 10.9 Å². The monoisotopic (exact) mass is 255 g/mol. The molecule has 0 atom stereocenters. The predicted octanol–water partition coefficient (Wildman–Crippen LogP) is 2.89. The van der Waals surface area contributed by atoms with E-state index in [2.05, 4.69) is 17.9 Å². The third-order valence-corrected chi connectivity index (χ3v) is 2.94. The molecule has 0 bridgehead atoms. The van der Waals surface area contributed by atoms with Crippen molar-refractivity contribution in [3.63, 3.8) is 0 Å². The van der Waals surface area contributed by atoms with Crippen molar-refractivity contribution in [3.05, 3.63) is 35.4 Å². The Morgan fingerprint density at radius 1 is 1.33 bits per heavy atom. The second-order valence-corrected chi connectivity index (χ2v) is 4.25. The molecule has 102 valence electrons. The van der Waals surface area contributed by atoms with Crippen LogP contribution in [0.3, 0.4) is 0 Å². The normalized spacial score (nSPS) is 10.7. The van der Waals surface area contributed by atoms with Gasteiger partial charge >= 0.3 is 5.97 Å². The number of hydrogen-bond donors (Lipinski definition) is 0. The molecule has 0 radical (unpaired) electrons. The van der Waals surface area contributed by atoms with Crippen LogP contribution in [-0.2, 0) is 9.53 Å². The largest absolute Gasteiger partial charge is 0.469 e. The lowest BCUT2D eigenvalue weighted by Crippen LogP contribution is -2.37. The first-order valence-electron chi connectivity index (χ1n) is 5.95. The second kappa shape index (κ2) is 8.44. The van der Waals surface area contributed by atoms with Crippen LogP contribution in [0.5, 0.6) is 0 Å². The number of carbonyl (C=O) groups excluding carboxylic acids is 1. The minimum atomic E-state index is -1.03. The highest BCUT2D eigenvalue weighted by atomic mass is 16.6. The maximum atomic E-state index is 11.2. The first-order chi connectivity index (χ1) is 8.52. The Morgan fingerprint density at radius 3 is 2.28 bits per heavy atom. The fourth-order valence-corrected chi connectivity index (χ4v) is 1.89. The Bertz CT molecular complexity index is 302. The summed E-state index contributed by atoms with van der Waals surface area (Å²) in [6, 6.07) is 0. The SMILES string of the molecule is C=CCC(CC=C)(CCCCC(=O)OC)[N+](=O)[O-]. The van der Waals surface area contributed by atoms with E-state index in [1.165, 1.54) is 7.11 Å². The van der Waals surface area contributed by atoms with E-state index in [0.29, 0.717) is 38.5 Å². The summed E-state index contributed by atoms with van der Waals surface area (Å²) >= 11 is 0. The summed E-state index contributed by atoms with van der Waals surface area (Å²) in [6.07, 6.45) is 5.66. The maximum absolute atomic E-state index is 11.2. The van der Waals surface area contributed by atoms with Gasteiger partial charge in [0.1, 0.15) is 0 Å². The summed E-state index contributed by atoms with van der Waals surface area (Å²) in [5, 5.41) is 11.2. The molecule has 0 spiro atoms. The van der Waals surface area contributed by atoms with Gasteiger partial charge in [0.05, 0.1) is 7.11 Å². The summed E-state index contributed by atoms with van der Waals surface area (Å²) < 4.78 is 4.52. The minimum Gasteiger partial charge on any atom is -0.469 e. The van der Waals surface area contributed by atoms with E-state index in [9.17, 15) is 14.9 Å². The van der Waals surface area contributed by atoms with Gasteiger partial charge in [0.2, 0.25) is 5.54 Å². The molecule has 0 amide bonds. The zero-order valence-corrected chi connectivity index (χ0v) is 10.9. The number of ether oxygens (including phenoxy) is 1. The van der Waals surface area contributed by atoms with Gasteiger partial charge in [0.25, 0.3) is 0 Å². The molecule has 0 aliphatic heterocycles. The molecule has 0 rings (SSSR count). The average Bonchev–Trinajstić information content (AvgIpc) is 2.34. The van der Waals surface area contributed by atoms with E-state index in [1.807, 2.05) is 0 Å². The molecular formula is C13H21NO4. The van der Waals surface area contributed by atoms with Gasteiger partial charge in [-0.2, -0.15) is 0 Å². The average molecular weight is 255 g/mol. The Morgan fingerprint density at radius 2 is 1.89 bits per heavy atom. The van der Waals surface area contributed by atoms with E-state index >= 15 is 0 Å². The molecule has 0 fully saturated rings. The van der Waals surface area contributed by atoms with Crippen molar-refractivity contribution in [3.8, 4) is 0 Å². The lowest BCUT2D eigenvalue weighted by atomic mass is 9.86. The molecule has 5 heteroatoms. The maximum Gasteiger partial charge on any atom is 0.305 e. The molecule has 0 aromatic carbocycles. The van der Waals surface area contributed by atoms with Crippen molar-refractivity contribution >= 4 is 5.97 Å². The number of nitrogens with zero attached hydrogens (tertiary/aromatic N) is 1. The first-order valence-corrected chi connectivity index (χ1v) is 5.95. The van der Waals surface area contributed by atoms with Crippen molar-refractivity contribution in [1.82, 2.24) is 0 Å². The van der Waals surface area contributed by atoms with Crippen LogP contribution in [0, 0.1) is 10.1 Å². The fraction of sp³-hybridized carbons (Fsp3) is 0.615. The van der Waals surface area contributed by atoms with Crippen molar-refractivity contribution in [2.45, 2.75) is 44.1 Å². The van der Waals surface area contributed by atoms with E-state index < -0.39 is 5.54 Å². The fourth-order valence-electron chi connectivity index (χ4n) is 1.89. The molecule has 0 aliphatic carbocycles. The van der Waals surface area contributed by atoms with Crippen LogP contribution in [0.4, 0.5) is 0 Å². The van der Waals surface area contributed by atoms with Gasteiger partial charge in [-0.15, -0.1) is 13.2 Å². The first kappa shape index (κ1) is 16.4. The number of hydrogen-bond acceptors (Lipinski definition) is 4. The molecule has 0 N–H and O–H groups in total. The standard InChI is InChI=1S/C13H21NO4/c1-4-9-13(10-5-2,14(16)17)11-7-6-8-12(15)18-3/h4-5H,1-2,6-11H2,3H3. The highest BCUT2D eigenvalue weighted by Crippen LogP contribution is 2.27. The number of rotatable bonds is 10. The number of esters is 1. The third-order valence-electron chi connectivity index (χ3n) is 2.94. The van der Waals surface area contributed by atoms with Gasteiger partial charge in [-0.1, -0.05) is 12.2 Å². The Labute approximate surface area is 108 Å². The van der Waals surface area contributed by atoms with Crippen molar-refractivity contribution in [1.29, 1.82) is 0 Å². The molecule has 0 aromatic rings. The van der Waals surface area contributed by atoms with Crippen molar-refractivity contribution in [2.24, 2.45) is 0 Å². The molecular weight excluding hydrogens is 234 g/mol. The van der Waals surface area contributed by atoms with Gasteiger partial charge in [0.15, 0.2) is 0 Å². The van der Waals surface area contributed by atoms with Gasteiger partial charge in [-0.3, -0.25) is 14.9 Å².